The van der Waals surface area contributed by atoms with E-state index < -0.39 is 17.6 Å². The van der Waals surface area contributed by atoms with Crippen LogP contribution in [0.25, 0.3) is 0 Å². The summed E-state index contributed by atoms with van der Waals surface area (Å²) in [6.45, 7) is 0.535. The van der Waals surface area contributed by atoms with Crippen LogP contribution >= 0.6 is 0 Å². The Balaban J connectivity index is 2.00. The zero-order chi connectivity index (χ0) is 13.1. The highest BCUT2D eigenvalue weighted by molar-refractivity contribution is 5.78. The van der Waals surface area contributed by atoms with Crippen molar-refractivity contribution in [1.82, 2.24) is 14.5 Å². The summed E-state index contributed by atoms with van der Waals surface area (Å²) in [6, 6.07) is 1.57. The quantitative estimate of drug-likeness (QED) is 0.757. The number of carbonyl (C=O) groups excluding carboxylic acids is 1. The predicted molar refractivity (Wildman–Crippen MR) is 60.8 cm³/mol. The summed E-state index contributed by atoms with van der Waals surface area (Å²) in [6.07, 6.45) is 3.31. The van der Waals surface area contributed by atoms with E-state index in [2.05, 4.69) is 4.98 Å². The average Bonchev–Trinajstić information content (AvgIpc) is 2.81. The van der Waals surface area contributed by atoms with Crippen molar-refractivity contribution in [3.05, 3.63) is 28.9 Å². The number of hydrogen-bond acceptors (Lipinski definition) is 4. The van der Waals surface area contributed by atoms with Crippen molar-refractivity contribution in [1.29, 1.82) is 0 Å². The molecule has 0 aromatic carbocycles. The first-order valence-corrected chi connectivity index (χ1v) is 5.60. The van der Waals surface area contributed by atoms with Crippen LogP contribution in [-0.4, -0.2) is 44.5 Å². The first-order chi connectivity index (χ1) is 8.58. The number of amides is 1. The molecule has 1 aromatic rings. The van der Waals surface area contributed by atoms with Gasteiger partial charge in [0.25, 0.3) is 0 Å². The van der Waals surface area contributed by atoms with Crippen LogP contribution < -0.4 is 5.69 Å². The van der Waals surface area contributed by atoms with Crippen LogP contribution in [0.15, 0.2) is 23.3 Å². The maximum Gasteiger partial charge on any atom is 0.347 e. The Morgan fingerprint density at radius 2 is 2.28 bits per heavy atom. The third kappa shape index (κ3) is 2.55. The molecule has 1 N–H and O–H groups in total. The van der Waals surface area contributed by atoms with E-state index in [0.29, 0.717) is 13.0 Å². The first-order valence-electron chi connectivity index (χ1n) is 5.60. The van der Waals surface area contributed by atoms with E-state index >= 15 is 0 Å². The van der Waals surface area contributed by atoms with Gasteiger partial charge in [-0.25, -0.2) is 9.78 Å². The average molecular weight is 251 g/mol. The zero-order valence-electron chi connectivity index (χ0n) is 9.65. The molecular formula is C11H13N3O4. The molecule has 0 aliphatic carbocycles. The van der Waals surface area contributed by atoms with Crippen LogP contribution in [0.4, 0.5) is 0 Å². The SMILES string of the molecule is O=C(O)C1CCN(C(=O)Cn2cccnc2=O)C1. The van der Waals surface area contributed by atoms with Gasteiger partial charge < -0.3 is 10.0 Å². The van der Waals surface area contributed by atoms with Gasteiger partial charge in [0, 0.05) is 25.5 Å². The predicted octanol–water partition coefficient (Wildman–Crippen LogP) is -0.824. The lowest BCUT2D eigenvalue weighted by molar-refractivity contribution is -0.141. The van der Waals surface area contributed by atoms with E-state index in [1.54, 1.807) is 6.07 Å². The minimum Gasteiger partial charge on any atom is -0.481 e. The van der Waals surface area contributed by atoms with Crippen LogP contribution in [0.3, 0.4) is 0 Å². The Kier molecular flexibility index (Phi) is 3.40. The Morgan fingerprint density at radius 3 is 2.89 bits per heavy atom. The summed E-state index contributed by atoms with van der Waals surface area (Å²) in [5.74, 6) is -1.64. The van der Waals surface area contributed by atoms with Gasteiger partial charge in [-0.1, -0.05) is 0 Å². The fourth-order valence-corrected chi connectivity index (χ4v) is 1.94. The first kappa shape index (κ1) is 12.3. The van der Waals surface area contributed by atoms with Crippen LogP contribution in [0.2, 0.25) is 0 Å². The highest BCUT2D eigenvalue weighted by Gasteiger charge is 2.30. The smallest absolute Gasteiger partial charge is 0.347 e. The van der Waals surface area contributed by atoms with Gasteiger partial charge in [0.15, 0.2) is 0 Å². The number of carbonyl (C=O) groups is 2. The molecule has 1 aromatic heterocycles. The van der Waals surface area contributed by atoms with Gasteiger partial charge in [-0.05, 0) is 12.5 Å². The second-order valence-electron chi connectivity index (χ2n) is 4.19. The fraction of sp³-hybridized carbons (Fsp3) is 0.455. The second-order valence-corrected chi connectivity index (χ2v) is 4.19. The lowest BCUT2D eigenvalue weighted by Crippen LogP contribution is -2.36. The van der Waals surface area contributed by atoms with E-state index in [-0.39, 0.29) is 19.0 Å². The molecule has 0 bridgehead atoms. The normalized spacial score (nSPS) is 18.9. The summed E-state index contributed by atoms with van der Waals surface area (Å²) < 4.78 is 1.20. The number of likely N-dealkylation sites (tertiary alicyclic amines) is 1. The molecule has 1 saturated heterocycles. The molecule has 1 atom stereocenters. The second kappa shape index (κ2) is 4.99. The zero-order valence-corrected chi connectivity index (χ0v) is 9.65. The molecule has 0 saturated carbocycles. The Morgan fingerprint density at radius 1 is 1.50 bits per heavy atom. The Bertz CT molecular complexity index is 525. The monoisotopic (exact) mass is 251 g/mol. The Hall–Kier alpha value is -2.18. The van der Waals surface area contributed by atoms with E-state index in [0.717, 1.165) is 0 Å². The number of rotatable bonds is 3. The summed E-state index contributed by atoms with van der Waals surface area (Å²) >= 11 is 0. The number of carboxylic acid groups (broad SMARTS) is 1. The maximum absolute atomic E-state index is 11.9. The molecule has 0 spiro atoms. The van der Waals surface area contributed by atoms with Gasteiger partial charge in [0.2, 0.25) is 5.91 Å². The van der Waals surface area contributed by atoms with E-state index in [1.165, 1.54) is 21.9 Å². The molecule has 0 radical (unpaired) electrons. The minimum absolute atomic E-state index is 0.0982. The van der Waals surface area contributed by atoms with Crippen molar-refractivity contribution in [2.24, 2.45) is 5.92 Å². The molecule has 1 aliphatic rings. The Labute approximate surface area is 103 Å². The van der Waals surface area contributed by atoms with Crippen molar-refractivity contribution in [3.63, 3.8) is 0 Å². The van der Waals surface area contributed by atoms with Crippen molar-refractivity contribution >= 4 is 11.9 Å². The van der Waals surface area contributed by atoms with Crippen molar-refractivity contribution in [3.8, 4) is 0 Å². The summed E-state index contributed by atoms with van der Waals surface area (Å²) in [4.78, 5) is 39.0. The number of aromatic nitrogens is 2. The van der Waals surface area contributed by atoms with Gasteiger partial charge in [0.1, 0.15) is 6.54 Å². The standard InChI is InChI=1S/C11H13N3O4/c15-9(7-14-4-1-3-12-11(14)18)13-5-2-8(6-13)10(16)17/h1,3-4,8H,2,5-7H2,(H,16,17). The molecule has 7 heteroatoms. The van der Waals surface area contributed by atoms with Gasteiger partial charge in [0.05, 0.1) is 5.92 Å². The molecule has 1 aliphatic heterocycles. The van der Waals surface area contributed by atoms with Crippen molar-refractivity contribution in [2.75, 3.05) is 13.1 Å². The van der Waals surface area contributed by atoms with Crippen molar-refractivity contribution in [2.45, 2.75) is 13.0 Å². The third-order valence-electron chi connectivity index (χ3n) is 2.98. The van der Waals surface area contributed by atoms with E-state index in [9.17, 15) is 14.4 Å². The highest BCUT2D eigenvalue weighted by Crippen LogP contribution is 2.16. The molecule has 1 unspecified atom stereocenters. The minimum atomic E-state index is -0.885. The summed E-state index contributed by atoms with van der Waals surface area (Å²) in [7, 11) is 0. The maximum atomic E-state index is 11.9. The van der Waals surface area contributed by atoms with Gasteiger partial charge >= 0.3 is 11.7 Å². The van der Waals surface area contributed by atoms with Crippen LogP contribution in [0.1, 0.15) is 6.42 Å². The summed E-state index contributed by atoms with van der Waals surface area (Å²) in [5, 5.41) is 8.84. The van der Waals surface area contributed by atoms with Crippen molar-refractivity contribution < 1.29 is 14.7 Å². The topological polar surface area (TPSA) is 92.5 Å². The molecular weight excluding hydrogens is 238 g/mol. The number of hydrogen-bond donors (Lipinski definition) is 1. The van der Waals surface area contributed by atoms with E-state index in [1.807, 2.05) is 0 Å². The van der Waals surface area contributed by atoms with Gasteiger partial charge in [-0.3, -0.25) is 14.2 Å². The van der Waals surface area contributed by atoms with Crippen LogP contribution in [0, 0.1) is 5.92 Å². The molecule has 2 rings (SSSR count). The molecule has 2 heterocycles. The molecule has 1 fully saturated rings. The molecule has 96 valence electrons. The molecule has 1 amide bonds. The number of aliphatic carboxylic acids is 1. The third-order valence-corrected chi connectivity index (χ3v) is 2.98. The van der Waals surface area contributed by atoms with E-state index in [4.69, 9.17) is 5.11 Å². The highest BCUT2D eigenvalue weighted by atomic mass is 16.4. The number of nitrogens with zero attached hydrogens (tertiary/aromatic N) is 3. The molecule has 18 heavy (non-hydrogen) atoms. The van der Waals surface area contributed by atoms with Gasteiger partial charge in [-0.15, -0.1) is 0 Å². The lowest BCUT2D eigenvalue weighted by Gasteiger charge is -2.16. The largest absolute Gasteiger partial charge is 0.481 e. The van der Waals surface area contributed by atoms with Crippen LogP contribution in [0.5, 0.6) is 0 Å². The molecule has 7 nitrogen and oxygen atoms in total. The van der Waals surface area contributed by atoms with Crippen LogP contribution in [-0.2, 0) is 16.1 Å². The summed E-state index contributed by atoms with van der Waals surface area (Å²) in [5.41, 5.74) is -0.486. The number of carboxylic acids is 1. The van der Waals surface area contributed by atoms with Gasteiger partial charge in [-0.2, -0.15) is 0 Å². The fourth-order valence-electron chi connectivity index (χ4n) is 1.94. The lowest BCUT2D eigenvalue weighted by atomic mass is 10.1.